The molecule has 0 spiro atoms. The van der Waals surface area contributed by atoms with Gasteiger partial charge in [0.05, 0.1) is 39.8 Å². The minimum atomic E-state index is -0.833. The molecule has 0 radical (unpaired) electrons. The number of aryl methyl sites for hydroxylation is 2. The Labute approximate surface area is 391 Å². The van der Waals surface area contributed by atoms with Crippen LogP contribution in [0, 0.1) is 40.5 Å². The summed E-state index contributed by atoms with van der Waals surface area (Å²) in [6.45, 7) is 1.08. The number of non-ortho nitro benzene ring substituents is 4. The number of hydrogen-bond acceptors (Lipinski definition) is 13. The number of anilines is 1. The van der Waals surface area contributed by atoms with E-state index in [1.165, 1.54) is 48.5 Å². The van der Waals surface area contributed by atoms with E-state index in [1.54, 1.807) is 36.4 Å². The molecule has 0 unspecified atom stereocenters. The molecule has 4 heterocycles. The fraction of sp³-hybridized carbons (Fsp3) is 0.132. The molecule has 0 bridgehead atoms. The number of benzene rings is 4. The lowest BCUT2D eigenvalue weighted by molar-refractivity contribution is -0.385. The fourth-order valence-electron chi connectivity index (χ4n) is 5.41. The van der Waals surface area contributed by atoms with Crippen LogP contribution in [-0.2, 0) is 22.4 Å². The van der Waals surface area contributed by atoms with E-state index in [9.17, 15) is 50.0 Å². The van der Waals surface area contributed by atoms with E-state index in [1.807, 2.05) is 0 Å². The van der Waals surface area contributed by atoms with Gasteiger partial charge in [-0.3, -0.25) is 54.8 Å². The van der Waals surface area contributed by atoms with E-state index in [0.717, 1.165) is 30.2 Å². The van der Waals surface area contributed by atoms with Crippen molar-refractivity contribution in [1.29, 1.82) is 0 Å². The molecule has 20 nitrogen and oxygen atoms in total. The summed E-state index contributed by atoms with van der Waals surface area (Å²) in [7, 11) is 0. The Morgan fingerprint density at radius 3 is 1.78 bits per heavy atom. The van der Waals surface area contributed by atoms with Gasteiger partial charge in [0.1, 0.15) is 10.3 Å². The molecule has 25 heteroatoms. The standard InChI is InChI=1S/C9H4BrClN2O2.C9H5BrN2O3.C9H7ClN2O2.C9H8N2O3.C2H4O2.BrH/c10-7-4-5-3-6(13(14)15)1-2-8(5)12-9(7)11;10-7-4-5-3-6(12(14)15)1-2-8(5)11-9(7)13;10-9-4-1-6-5-7(12(13)14)2-3-8(6)11-9;12-9-4-1-6-5-7(11(13)14)2-3-8(6)10-9;1-2(3)4;/h1-4H;1-4H,(H,11,13);2-3,5H,1,4H2;2-3,5H,1,4H2,(H,10,12);1H3,(H,3,4);1H. The van der Waals surface area contributed by atoms with Gasteiger partial charge in [-0.1, -0.05) is 23.2 Å². The molecular weight excluding hydrogens is 1070 g/mol. The van der Waals surface area contributed by atoms with E-state index < -0.39 is 25.7 Å². The van der Waals surface area contributed by atoms with Crippen LogP contribution in [0.1, 0.15) is 30.9 Å². The highest BCUT2D eigenvalue weighted by atomic mass is 79.9. The zero-order valence-electron chi connectivity index (χ0n) is 32.0. The smallest absolute Gasteiger partial charge is 0.300 e. The van der Waals surface area contributed by atoms with Crippen LogP contribution >= 0.6 is 72.0 Å². The molecule has 328 valence electrons. The molecule has 63 heavy (non-hydrogen) atoms. The zero-order chi connectivity index (χ0) is 45.8. The first-order valence-corrected chi connectivity index (χ1v) is 19.7. The van der Waals surface area contributed by atoms with Crippen LogP contribution in [0.25, 0.3) is 21.8 Å². The summed E-state index contributed by atoms with van der Waals surface area (Å²) in [5.41, 5.74) is 4.33. The Bertz CT molecular complexity index is 2860. The number of carboxylic acids is 1. The number of nitrogens with zero attached hydrogens (tertiary/aromatic N) is 6. The van der Waals surface area contributed by atoms with Crippen molar-refractivity contribution in [2.45, 2.75) is 32.6 Å². The lowest BCUT2D eigenvalue weighted by Crippen LogP contribution is -2.18. The van der Waals surface area contributed by atoms with E-state index in [4.69, 9.17) is 33.1 Å². The Morgan fingerprint density at radius 2 is 1.17 bits per heavy atom. The SMILES string of the molecule is Br.CC(=O)O.O=C1CCc2cc([N+](=O)[O-])ccc2N1.O=[N+]([O-])c1ccc2c(c1)CCC(Cl)=N2.O=[N+]([O-])c1ccc2nc(Cl)c(Br)cc2c1.O=c1[nH]c2ccc([N+](=O)[O-])cc2cc1Br. The third kappa shape index (κ3) is 15.0. The minimum Gasteiger partial charge on any atom is -0.481 e. The van der Waals surface area contributed by atoms with Gasteiger partial charge in [-0.25, -0.2) is 9.98 Å². The van der Waals surface area contributed by atoms with Gasteiger partial charge in [0.15, 0.2) is 0 Å². The Morgan fingerprint density at radius 1 is 0.683 bits per heavy atom. The van der Waals surface area contributed by atoms with Gasteiger partial charge in [-0.2, -0.15) is 0 Å². The summed E-state index contributed by atoms with van der Waals surface area (Å²) in [5.74, 6) is -0.869. The first-order valence-electron chi connectivity index (χ1n) is 17.4. The number of aliphatic imine (C=N–C) groups is 1. The summed E-state index contributed by atoms with van der Waals surface area (Å²) in [6.07, 6.45) is 2.35. The molecule has 0 fully saturated rings. The second-order valence-electron chi connectivity index (χ2n) is 12.6. The average molecular weight is 1100 g/mol. The Balaban J connectivity index is 0.000000216. The molecule has 4 aromatic carbocycles. The number of nitrogens with one attached hydrogen (secondary N) is 2. The second-order valence-corrected chi connectivity index (χ2v) is 15.1. The van der Waals surface area contributed by atoms with Crippen LogP contribution in [-0.4, -0.2) is 51.8 Å². The number of fused-ring (bicyclic) bond motifs is 4. The molecule has 3 N–H and O–H groups in total. The van der Waals surface area contributed by atoms with Crippen LogP contribution in [0.4, 0.5) is 34.1 Å². The molecule has 0 saturated carbocycles. The molecule has 0 saturated heterocycles. The maximum atomic E-state index is 11.2. The fourth-order valence-corrected chi connectivity index (χ4v) is 6.42. The number of carbonyl (C=O) groups is 2. The molecular formula is C38H29Br3Cl2N8O12. The Hall–Kier alpha value is -6.27. The van der Waals surface area contributed by atoms with E-state index in [2.05, 4.69) is 52.1 Å². The molecule has 6 aromatic rings. The predicted molar refractivity (Wildman–Crippen MR) is 248 cm³/mol. The third-order valence-electron chi connectivity index (χ3n) is 8.22. The van der Waals surface area contributed by atoms with Crippen LogP contribution < -0.4 is 10.9 Å². The van der Waals surface area contributed by atoms with E-state index in [0.29, 0.717) is 66.0 Å². The number of H-pyrrole nitrogens is 1. The number of aromatic nitrogens is 2. The van der Waals surface area contributed by atoms with Gasteiger partial charge in [0, 0.05) is 90.3 Å². The van der Waals surface area contributed by atoms with Crippen molar-refractivity contribution in [2.24, 2.45) is 4.99 Å². The number of amides is 1. The topological polar surface area (TPSA) is 297 Å². The van der Waals surface area contributed by atoms with Gasteiger partial charge in [0.2, 0.25) is 5.91 Å². The third-order valence-corrected chi connectivity index (χ3v) is 10.2. The van der Waals surface area contributed by atoms with Crippen LogP contribution in [0.15, 0.2) is 104 Å². The summed E-state index contributed by atoms with van der Waals surface area (Å²) >= 11 is 17.8. The number of halogens is 5. The summed E-state index contributed by atoms with van der Waals surface area (Å²) < 4.78 is 0.979. The number of pyridine rings is 2. The molecule has 2 aliphatic rings. The Kier molecular flexibility index (Phi) is 18.9. The normalized spacial score (nSPS) is 11.8. The largest absolute Gasteiger partial charge is 0.481 e. The lowest BCUT2D eigenvalue weighted by atomic mass is 10.0. The van der Waals surface area contributed by atoms with Crippen molar-refractivity contribution in [3.05, 3.63) is 161 Å². The van der Waals surface area contributed by atoms with Gasteiger partial charge >= 0.3 is 0 Å². The van der Waals surface area contributed by atoms with E-state index in [-0.39, 0.29) is 51.2 Å². The summed E-state index contributed by atoms with van der Waals surface area (Å²) in [5, 5.41) is 54.3. The highest BCUT2D eigenvalue weighted by molar-refractivity contribution is 9.10. The van der Waals surface area contributed by atoms with Gasteiger partial charge < -0.3 is 15.4 Å². The van der Waals surface area contributed by atoms with Crippen molar-refractivity contribution in [3.63, 3.8) is 0 Å². The number of carbonyl (C=O) groups excluding carboxylic acids is 1. The predicted octanol–water partition coefficient (Wildman–Crippen LogP) is 10.7. The molecule has 0 atom stereocenters. The minimum absolute atomic E-state index is 0. The van der Waals surface area contributed by atoms with Crippen LogP contribution in [0.5, 0.6) is 0 Å². The summed E-state index contributed by atoms with van der Waals surface area (Å²) in [6, 6.07) is 21.1. The lowest BCUT2D eigenvalue weighted by Gasteiger charge is -2.15. The number of aliphatic carboxylic acids is 1. The van der Waals surface area contributed by atoms with Crippen molar-refractivity contribution in [1.82, 2.24) is 9.97 Å². The molecule has 1 amide bonds. The van der Waals surface area contributed by atoms with Gasteiger partial charge in [-0.15, -0.1) is 17.0 Å². The highest BCUT2D eigenvalue weighted by Gasteiger charge is 2.18. The van der Waals surface area contributed by atoms with Gasteiger partial charge in [0.25, 0.3) is 34.3 Å². The molecule has 0 aliphatic carbocycles. The average Bonchev–Trinajstić information content (AvgIpc) is 3.21. The molecule has 2 aromatic heterocycles. The van der Waals surface area contributed by atoms with Crippen LogP contribution in [0.2, 0.25) is 5.15 Å². The van der Waals surface area contributed by atoms with Crippen molar-refractivity contribution in [3.8, 4) is 0 Å². The number of aromatic amines is 1. The zero-order valence-corrected chi connectivity index (χ0v) is 38.3. The monoisotopic (exact) mass is 1100 g/mol. The number of rotatable bonds is 4. The number of hydrogen-bond donors (Lipinski definition) is 3. The van der Waals surface area contributed by atoms with Crippen LogP contribution in [0.3, 0.4) is 0 Å². The number of carboxylic acid groups (broad SMARTS) is 1. The molecule has 2 aliphatic heterocycles. The number of nitro benzene ring substituents is 4. The maximum absolute atomic E-state index is 11.2. The maximum Gasteiger partial charge on any atom is 0.300 e. The van der Waals surface area contributed by atoms with Crippen molar-refractivity contribution in [2.75, 3.05) is 5.32 Å². The summed E-state index contributed by atoms with van der Waals surface area (Å²) in [4.78, 5) is 82.3. The van der Waals surface area contributed by atoms with Gasteiger partial charge in [-0.05, 0) is 92.2 Å². The molecule has 8 rings (SSSR count). The van der Waals surface area contributed by atoms with E-state index >= 15 is 0 Å². The first-order chi connectivity index (χ1) is 29.2. The van der Waals surface area contributed by atoms with Crippen molar-refractivity contribution < 1.29 is 34.4 Å². The number of nitro groups is 4. The first kappa shape index (κ1) is 51.1. The quantitative estimate of drug-likeness (QED) is 0.0841. The van der Waals surface area contributed by atoms with Crippen molar-refractivity contribution >= 4 is 145 Å². The highest BCUT2D eigenvalue weighted by Crippen LogP contribution is 2.31. The second kappa shape index (κ2) is 23.3.